The molecular weight excluding hydrogens is 1480 g/mol. The molecule has 9 aromatic rings. The zero-order valence-corrected chi connectivity index (χ0v) is 62.7. The van der Waals surface area contributed by atoms with Gasteiger partial charge in [-0.15, -0.1) is 23.2 Å². The number of nitrogens with two attached hydrogens (primary N) is 1. The van der Waals surface area contributed by atoms with Gasteiger partial charge in [0.25, 0.3) is 25.2 Å². The molecule has 0 radical (unpaired) electrons. The van der Waals surface area contributed by atoms with Crippen molar-refractivity contribution >= 4 is 31.7 Å². The number of nitrogens with one attached hydrogen (secondary N) is 5. The van der Waals surface area contributed by atoms with Gasteiger partial charge in [-0.1, -0.05) is 146 Å². The average Bonchev–Trinajstić information content (AvgIpc) is 1.05. The van der Waals surface area contributed by atoms with Crippen LogP contribution in [0.5, 0.6) is 11.5 Å². The van der Waals surface area contributed by atoms with Crippen LogP contribution in [0.4, 0.5) is 13.2 Å². The second kappa shape index (κ2) is 39.4. The molecule has 580 valence electrons. The van der Waals surface area contributed by atoms with Gasteiger partial charge in [-0.3, -0.25) is 53.7 Å². The summed E-state index contributed by atoms with van der Waals surface area (Å²) >= 11 is 9.53. The molecule has 0 bridgehead atoms. The van der Waals surface area contributed by atoms with Crippen molar-refractivity contribution in [3.05, 3.63) is 314 Å². The third-order valence-corrected chi connectivity index (χ3v) is 20.5. The highest BCUT2D eigenvalue weighted by molar-refractivity contribution is 7.44. The minimum absolute atomic E-state index is 0.0301. The van der Waals surface area contributed by atoms with E-state index in [4.69, 9.17) is 68.2 Å². The number of H-pyrrole nitrogens is 3. The van der Waals surface area contributed by atoms with Gasteiger partial charge in [0.15, 0.2) is 37.2 Å². The van der Waals surface area contributed by atoms with Gasteiger partial charge < -0.3 is 53.5 Å². The maximum atomic E-state index is 16.9. The average molecular weight is 1570 g/mol. The van der Waals surface area contributed by atoms with Crippen molar-refractivity contribution < 1.29 is 56.1 Å². The number of aliphatic hydroxyl groups excluding tert-OH is 2. The number of aliphatic hydroxyl groups is 2. The van der Waals surface area contributed by atoms with Crippen molar-refractivity contribution in [1.82, 2.24) is 44.0 Å². The molecule has 0 spiro atoms. The number of hydrogen-bond acceptors (Lipinski definition) is 19. The van der Waals surface area contributed by atoms with Crippen molar-refractivity contribution in [3.8, 4) is 11.5 Å². The Morgan fingerprint density at radius 1 is 0.532 bits per heavy atom. The minimum Gasteiger partial charge on any atom is -0.497 e. The number of rotatable bonds is 26. The lowest BCUT2D eigenvalue weighted by Gasteiger charge is -2.39. The number of hydrogen-bond donors (Lipinski definition) is 8. The molecule has 3 aliphatic heterocycles. The third kappa shape index (κ3) is 19.7. The summed E-state index contributed by atoms with van der Waals surface area (Å²) in [6.45, 7) is 15.5. The molecule has 3 aromatic heterocycles. The Morgan fingerprint density at radius 2 is 0.853 bits per heavy atom. The van der Waals surface area contributed by atoms with E-state index in [1.807, 2.05) is 207 Å². The molecule has 0 aliphatic carbocycles. The Balaban J connectivity index is 0.000000205. The number of aromatic nitrogens is 6. The Hall–Kier alpha value is -9.19. The van der Waals surface area contributed by atoms with Gasteiger partial charge in [0.2, 0.25) is 6.54 Å². The molecular formula is C77H87Cl2F3N11O15P. The summed E-state index contributed by atoms with van der Waals surface area (Å²) in [5, 5.41) is 27.8. The van der Waals surface area contributed by atoms with Crippen LogP contribution in [0.2, 0.25) is 0 Å². The van der Waals surface area contributed by atoms with E-state index in [0.717, 1.165) is 77.7 Å². The number of methoxy groups -OCH3 is 2. The van der Waals surface area contributed by atoms with Crippen molar-refractivity contribution in [1.29, 1.82) is 0 Å². The first-order chi connectivity index (χ1) is 52.5. The fraction of sp³-hybridized carbons (Fsp3) is 0.364. The van der Waals surface area contributed by atoms with E-state index in [9.17, 15) is 43.4 Å². The van der Waals surface area contributed by atoms with Gasteiger partial charge in [0.1, 0.15) is 54.7 Å². The van der Waals surface area contributed by atoms with Crippen LogP contribution in [-0.2, 0) is 34.3 Å². The topological polar surface area (TPSA) is 327 Å². The van der Waals surface area contributed by atoms with Gasteiger partial charge >= 0.3 is 17.1 Å². The van der Waals surface area contributed by atoms with Crippen LogP contribution in [0.1, 0.15) is 79.8 Å². The van der Waals surface area contributed by atoms with Crippen LogP contribution in [-0.4, -0.2) is 163 Å². The number of halogens is 5. The van der Waals surface area contributed by atoms with Gasteiger partial charge in [-0.05, 0) is 85.3 Å². The van der Waals surface area contributed by atoms with Crippen LogP contribution in [0.15, 0.2) is 235 Å². The first-order valence-electron chi connectivity index (χ1n) is 34.7. The molecule has 3 fully saturated rings. The molecule has 26 nitrogen and oxygen atoms in total. The van der Waals surface area contributed by atoms with E-state index in [1.54, 1.807) is 14.2 Å². The van der Waals surface area contributed by atoms with Crippen molar-refractivity contribution in [2.75, 3.05) is 52.3 Å². The van der Waals surface area contributed by atoms with Gasteiger partial charge in [-0.2, -0.15) is 0 Å². The summed E-state index contributed by atoms with van der Waals surface area (Å²) in [5.74, 6) is 1.40. The molecule has 6 aromatic carbocycles. The number of benzene rings is 6. The summed E-state index contributed by atoms with van der Waals surface area (Å²) in [7, 11) is 1.34. The quantitative estimate of drug-likeness (QED) is 0.00831. The third-order valence-electron chi connectivity index (χ3n) is 18.3. The van der Waals surface area contributed by atoms with Crippen LogP contribution in [0.25, 0.3) is 4.85 Å². The van der Waals surface area contributed by atoms with E-state index >= 15 is 8.78 Å². The molecule has 0 amide bonds. The molecule has 12 rings (SSSR count). The minimum atomic E-state index is -1.88. The molecule has 32 heteroatoms. The fourth-order valence-electron chi connectivity index (χ4n) is 13.3. The first-order valence-corrected chi connectivity index (χ1v) is 36.9. The summed E-state index contributed by atoms with van der Waals surface area (Å²) in [5.41, 5.74) is 4.75. The van der Waals surface area contributed by atoms with Crippen LogP contribution < -0.4 is 59.6 Å². The zero-order chi connectivity index (χ0) is 78.5. The zero-order valence-electron chi connectivity index (χ0n) is 60.3. The lowest BCUT2D eigenvalue weighted by atomic mass is 9.77. The molecule has 13 atom stereocenters. The Morgan fingerprint density at radius 3 is 1.17 bits per heavy atom. The van der Waals surface area contributed by atoms with E-state index in [2.05, 4.69) is 25.4 Å². The van der Waals surface area contributed by atoms with Gasteiger partial charge in [-0.25, -0.2) is 38.8 Å². The fourth-order valence-corrected chi connectivity index (χ4v) is 15.0. The van der Waals surface area contributed by atoms with Gasteiger partial charge in [0, 0.05) is 68.5 Å². The number of ether oxygens (including phenoxy) is 5. The number of aromatic amines is 3. The van der Waals surface area contributed by atoms with Gasteiger partial charge in [0.05, 0.1) is 30.6 Å². The standard InChI is InChI=1S/C38H45FN5O6P.C29H28FN3O5.C9H12FN3O4.CH2Cl2/c1-26(2)44(27(3)4)51(48-24-22-40-5)50-35-32(49-36(34(35)39)43-23-21-33(45)42-37(43)46)25-41-38(28-13-9-7-10-14-28,29-15-11-8-12-16-29)30-17-19-31(47-6)20-18-30;1-37-22-14-12-21(13-15-22)29(19-8-4-2-5-9-19,20-10-6-3-7-11-20)31-18-23-26(35)25(30)27(38-23)33-17-16-24(34)32-28(33)36;10-6-7(15)4(3-11)17-8(6)13-2-1-5(14)12-9(13)16;2-1-3/h7-21,23,26-27,32,34-36,41H,22,24-25H2,1-4,6H3,(H,42,45,46);2-17,23,25-27,31,35H,18H2,1H3,(H,32,34,36);1-2,4,6-8,15H,3,11H2,(H,12,14,16);1H2/t32-,34?,35+,36-,51?;23-,25?,26+,27-;4-,6?,7+,8-;/m111./s1. The van der Waals surface area contributed by atoms with E-state index < -0.39 is 127 Å². The van der Waals surface area contributed by atoms with Crippen LogP contribution in [0, 0.1) is 6.57 Å². The van der Waals surface area contributed by atoms with Crippen LogP contribution >= 0.6 is 31.7 Å². The lowest BCUT2D eigenvalue weighted by molar-refractivity contribution is -0.0275. The molecule has 3 aliphatic rings. The predicted octanol–water partition coefficient (Wildman–Crippen LogP) is 8.27. The maximum absolute atomic E-state index is 16.9. The predicted molar refractivity (Wildman–Crippen MR) is 407 cm³/mol. The molecule has 109 heavy (non-hydrogen) atoms. The number of alkyl halides is 5. The van der Waals surface area contributed by atoms with Crippen LogP contribution in [0.3, 0.4) is 0 Å². The highest BCUT2D eigenvalue weighted by atomic mass is 35.5. The largest absolute Gasteiger partial charge is 0.497 e. The normalized spacial score (nSPS) is 22.0. The SMILES string of the molecule is COc1ccc(C(NC[C@H]2O[C@@H](n3ccc(=O)[nH]c3=O)C(F)[C@H]2O)(c2ccccc2)c2ccccc2)cc1.ClCCl.NC[C@H]1O[C@@H](n2ccc(=O)[nH]c2=O)C(F)[C@H]1O.[C-]#[N+]CCOP(O[C@@H]1C(F)[C@H](n2ccc(=O)[nH]c2=O)O[C@@H]1CNC(c1ccccc1)(c1ccccc1)c1ccc(OC)cc1)N(C(C)C)C(C)C. The molecule has 9 N–H and O–H groups in total. The highest BCUT2D eigenvalue weighted by Gasteiger charge is 2.52. The second-order valence-corrected chi connectivity index (χ2v) is 27.9. The maximum Gasteiger partial charge on any atom is 0.330 e. The monoisotopic (exact) mass is 1560 g/mol. The molecule has 3 saturated heterocycles. The van der Waals surface area contributed by atoms with E-state index in [-0.39, 0.29) is 50.2 Å². The number of nitrogens with zero attached hydrogens (tertiary/aromatic N) is 5. The summed E-state index contributed by atoms with van der Waals surface area (Å²) < 4.78 is 91.7. The Bertz CT molecular complexity index is 4660. The lowest BCUT2D eigenvalue weighted by Crippen LogP contribution is -2.50. The Kier molecular flexibility index (Phi) is 30.3. The first kappa shape index (κ1) is 83.8. The summed E-state index contributed by atoms with van der Waals surface area (Å²) in [6, 6.07) is 58.2. The smallest absolute Gasteiger partial charge is 0.330 e. The highest BCUT2D eigenvalue weighted by Crippen LogP contribution is 2.51. The summed E-state index contributed by atoms with van der Waals surface area (Å²) in [4.78, 5) is 80.5. The summed E-state index contributed by atoms with van der Waals surface area (Å²) in [6.07, 6.45) is -12.9. The van der Waals surface area contributed by atoms with Crippen molar-refractivity contribution in [2.24, 2.45) is 5.73 Å². The van der Waals surface area contributed by atoms with Crippen molar-refractivity contribution in [3.63, 3.8) is 0 Å². The molecule has 6 heterocycles. The Labute approximate surface area is 636 Å². The second-order valence-electron chi connectivity index (χ2n) is 25.7. The van der Waals surface area contributed by atoms with Crippen molar-refractivity contribution in [2.45, 2.75) is 125 Å². The van der Waals surface area contributed by atoms with E-state index in [1.165, 1.54) is 6.20 Å². The molecule has 4 unspecified atom stereocenters. The molecule has 0 saturated carbocycles. The van der Waals surface area contributed by atoms with E-state index in [0.29, 0.717) is 11.5 Å².